The lowest BCUT2D eigenvalue weighted by molar-refractivity contribution is -0.123. The molecule has 24 heavy (non-hydrogen) atoms. The van der Waals surface area contributed by atoms with Gasteiger partial charge in [0, 0.05) is 49.3 Å². The summed E-state index contributed by atoms with van der Waals surface area (Å²) in [6, 6.07) is 6.39. The summed E-state index contributed by atoms with van der Waals surface area (Å²) in [4.78, 5) is 15.5. The Kier molecular flexibility index (Phi) is 10.3. The van der Waals surface area contributed by atoms with Gasteiger partial charge in [-0.3, -0.25) is 4.79 Å². The van der Waals surface area contributed by atoms with Gasteiger partial charge in [0.05, 0.1) is 0 Å². The zero-order valence-electron chi connectivity index (χ0n) is 14.1. The first-order valence-electron chi connectivity index (χ1n) is 8.24. The number of nitrogens with one attached hydrogen (secondary N) is 2. The molecule has 0 radical (unpaired) electrons. The Morgan fingerprint density at radius 1 is 1.33 bits per heavy atom. The maximum atomic E-state index is 12.8. The number of halogens is 2. The van der Waals surface area contributed by atoms with Crippen molar-refractivity contribution in [2.45, 2.75) is 18.2 Å². The minimum absolute atomic E-state index is 0. The van der Waals surface area contributed by atoms with Gasteiger partial charge in [0.15, 0.2) is 0 Å². The number of nitrogens with zero attached hydrogens (tertiary/aromatic N) is 1. The van der Waals surface area contributed by atoms with Gasteiger partial charge in [0.2, 0.25) is 5.91 Å². The van der Waals surface area contributed by atoms with E-state index in [1.165, 1.54) is 12.1 Å². The number of carbonyl (C=O) groups is 1. The Morgan fingerprint density at radius 3 is 2.67 bits per heavy atom. The van der Waals surface area contributed by atoms with Crippen LogP contribution in [0.25, 0.3) is 0 Å². The second-order valence-electron chi connectivity index (χ2n) is 5.90. The number of carbonyl (C=O) groups excluding carboxylic acids is 1. The number of hydrogen-bond donors (Lipinski definition) is 2. The van der Waals surface area contributed by atoms with Crippen LogP contribution in [0.2, 0.25) is 0 Å². The molecule has 1 saturated heterocycles. The van der Waals surface area contributed by atoms with Crippen molar-refractivity contribution < 1.29 is 9.18 Å². The molecule has 1 fully saturated rings. The Bertz CT molecular complexity index is 483. The van der Waals surface area contributed by atoms with Gasteiger partial charge in [0.1, 0.15) is 5.82 Å². The molecule has 1 aromatic carbocycles. The number of amides is 1. The normalized spacial score (nSPS) is 16.2. The fourth-order valence-corrected chi connectivity index (χ4v) is 3.37. The standard InChI is InChI=1S/C17H26FN3OS.ClH/c1-14(13-23-16-5-3-15(18)4-6-16)17(22)20-7-2-10-21-11-8-19-9-12-21;/h3-6,14,19H,2,7-13H2,1H3,(H,20,22);1H. The van der Waals surface area contributed by atoms with E-state index in [9.17, 15) is 9.18 Å². The van der Waals surface area contributed by atoms with Crippen molar-refractivity contribution >= 4 is 30.1 Å². The molecule has 1 aromatic rings. The summed E-state index contributed by atoms with van der Waals surface area (Å²) in [5, 5.41) is 6.35. The number of hydrogen-bond acceptors (Lipinski definition) is 4. The smallest absolute Gasteiger partial charge is 0.223 e. The second-order valence-corrected chi connectivity index (χ2v) is 7.00. The molecule has 2 rings (SSSR count). The summed E-state index contributed by atoms with van der Waals surface area (Å²) in [7, 11) is 0. The van der Waals surface area contributed by atoms with E-state index in [1.807, 2.05) is 6.92 Å². The molecule has 2 N–H and O–H groups in total. The van der Waals surface area contributed by atoms with Crippen LogP contribution in [0.3, 0.4) is 0 Å². The number of rotatable bonds is 8. The van der Waals surface area contributed by atoms with Crippen molar-refractivity contribution in [3.63, 3.8) is 0 Å². The molecule has 4 nitrogen and oxygen atoms in total. The van der Waals surface area contributed by atoms with Crippen molar-refractivity contribution in [1.29, 1.82) is 0 Å². The summed E-state index contributed by atoms with van der Waals surface area (Å²) < 4.78 is 12.8. The highest BCUT2D eigenvalue weighted by Gasteiger charge is 2.13. The molecule has 7 heteroatoms. The van der Waals surface area contributed by atoms with E-state index in [-0.39, 0.29) is 30.0 Å². The summed E-state index contributed by atoms with van der Waals surface area (Å²) in [6.07, 6.45) is 0.990. The largest absolute Gasteiger partial charge is 0.356 e. The Balaban J connectivity index is 0.00000288. The van der Waals surface area contributed by atoms with E-state index in [2.05, 4.69) is 15.5 Å². The van der Waals surface area contributed by atoms with Crippen LogP contribution in [-0.2, 0) is 4.79 Å². The van der Waals surface area contributed by atoms with Crippen LogP contribution < -0.4 is 10.6 Å². The second kappa shape index (κ2) is 11.7. The summed E-state index contributed by atoms with van der Waals surface area (Å²) in [6.45, 7) is 8.02. The van der Waals surface area contributed by atoms with Gasteiger partial charge in [-0.1, -0.05) is 6.92 Å². The quantitative estimate of drug-likeness (QED) is 0.541. The Labute approximate surface area is 154 Å². The van der Waals surface area contributed by atoms with Crippen LogP contribution in [0.15, 0.2) is 29.2 Å². The predicted octanol–water partition coefficient (Wildman–Crippen LogP) is 2.39. The molecule has 0 spiro atoms. The number of benzene rings is 1. The highest BCUT2D eigenvalue weighted by Crippen LogP contribution is 2.20. The van der Waals surface area contributed by atoms with E-state index in [1.54, 1.807) is 23.9 Å². The highest BCUT2D eigenvalue weighted by atomic mass is 35.5. The van der Waals surface area contributed by atoms with Gasteiger partial charge in [-0.05, 0) is 37.2 Å². The lowest BCUT2D eigenvalue weighted by Crippen LogP contribution is -2.44. The summed E-state index contributed by atoms with van der Waals surface area (Å²) >= 11 is 1.58. The molecule has 0 bridgehead atoms. The topological polar surface area (TPSA) is 44.4 Å². The number of piperazine rings is 1. The van der Waals surface area contributed by atoms with E-state index >= 15 is 0 Å². The fourth-order valence-electron chi connectivity index (χ4n) is 2.45. The predicted molar refractivity (Wildman–Crippen MR) is 100 cm³/mol. The molecule has 1 amide bonds. The van der Waals surface area contributed by atoms with Crippen molar-refractivity contribution in [2.75, 3.05) is 45.0 Å². The van der Waals surface area contributed by atoms with Crippen molar-refractivity contribution in [1.82, 2.24) is 15.5 Å². The van der Waals surface area contributed by atoms with Gasteiger partial charge in [-0.25, -0.2) is 4.39 Å². The lowest BCUT2D eigenvalue weighted by Gasteiger charge is -2.27. The maximum Gasteiger partial charge on any atom is 0.223 e. The van der Waals surface area contributed by atoms with E-state index in [0.717, 1.165) is 50.6 Å². The molecule has 1 atom stereocenters. The maximum absolute atomic E-state index is 12.8. The zero-order chi connectivity index (χ0) is 16.5. The molecule has 0 saturated carbocycles. The van der Waals surface area contributed by atoms with Crippen molar-refractivity contribution in [3.05, 3.63) is 30.1 Å². The molecular formula is C17H27ClFN3OS. The van der Waals surface area contributed by atoms with E-state index < -0.39 is 0 Å². The minimum atomic E-state index is -0.232. The van der Waals surface area contributed by atoms with Gasteiger partial charge < -0.3 is 15.5 Å². The molecule has 0 aliphatic carbocycles. The number of thioether (sulfide) groups is 1. The van der Waals surface area contributed by atoms with Crippen LogP contribution in [0.5, 0.6) is 0 Å². The molecule has 1 aliphatic rings. The fraction of sp³-hybridized carbons (Fsp3) is 0.588. The first-order valence-corrected chi connectivity index (χ1v) is 9.23. The first kappa shape index (κ1) is 21.2. The third-order valence-electron chi connectivity index (χ3n) is 3.92. The van der Waals surface area contributed by atoms with Gasteiger partial charge in [0.25, 0.3) is 0 Å². The molecule has 1 heterocycles. The SMILES string of the molecule is CC(CSc1ccc(F)cc1)C(=O)NCCCN1CCNCC1.Cl. The molecule has 0 aromatic heterocycles. The first-order chi connectivity index (χ1) is 11.1. The highest BCUT2D eigenvalue weighted by molar-refractivity contribution is 7.99. The lowest BCUT2D eigenvalue weighted by atomic mass is 10.2. The average molecular weight is 376 g/mol. The zero-order valence-corrected chi connectivity index (χ0v) is 15.7. The van der Waals surface area contributed by atoms with E-state index in [0.29, 0.717) is 5.75 Å². The molecule has 136 valence electrons. The van der Waals surface area contributed by atoms with Crippen LogP contribution in [0.1, 0.15) is 13.3 Å². The van der Waals surface area contributed by atoms with Gasteiger partial charge in [-0.15, -0.1) is 24.2 Å². The van der Waals surface area contributed by atoms with Crippen LogP contribution in [0.4, 0.5) is 4.39 Å². The summed E-state index contributed by atoms with van der Waals surface area (Å²) in [5.74, 6) is 0.517. The molecule has 1 unspecified atom stereocenters. The Hall–Kier alpha value is -0.820. The van der Waals surface area contributed by atoms with Gasteiger partial charge >= 0.3 is 0 Å². The molecule has 1 aliphatic heterocycles. The Morgan fingerprint density at radius 2 is 2.00 bits per heavy atom. The third-order valence-corrected chi connectivity index (χ3v) is 5.19. The molecular weight excluding hydrogens is 349 g/mol. The monoisotopic (exact) mass is 375 g/mol. The van der Waals surface area contributed by atoms with E-state index in [4.69, 9.17) is 0 Å². The third kappa shape index (κ3) is 7.83. The van der Waals surface area contributed by atoms with Crippen molar-refractivity contribution in [2.24, 2.45) is 5.92 Å². The van der Waals surface area contributed by atoms with Crippen LogP contribution >= 0.6 is 24.2 Å². The summed E-state index contributed by atoms with van der Waals surface area (Å²) in [5.41, 5.74) is 0. The van der Waals surface area contributed by atoms with Crippen LogP contribution in [-0.4, -0.2) is 55.8 Å². The average Bonchev–Trinajstić information content (AvgIpc) is 2.58. The van der Waals surface area contributed by atoms with Gasteiger partial charge in [-0.2, -0.15) is 0 Å². The van der Waals surface area contributed by atoms with Crippen molar-refractivity contribution in [3.8, 4) is 0 Å². The minimum Gasteiger partial charge on any atom is -0.356 e. The van der Waals surface area contributed by atoms with Crippen LogP contribution in [0, 0.1) is 11.7 Å².